The van der Waals surface area contributed by atoms with Gasteiger partial charge in [0.25, 0.3) is 0 Å². The first-order valence-electron chi connectivity index (χ1n) is 15.8. The first-order valence-corrected chi connectivity index (χ1v) is 15.8. The minimum atomic E-state index is -1.92. The molecule has 3 N–H and O–H groups in total. The Hall–Kier alpha value is -2.65. The molecule has 1 aromatic carbocycles. The van der Waals surface area contributed by atoms with Gasteiger partial charge in [-0.15, -0.1) is 0 Å². The minimum Gasteiger partial charge on any atom is -0.455 e. The van der Waals surface area contributed by atoms with Crippen molar-refractivity contribution in [3.8, 4) is 0 Å². The fourth-order valence-electron chi connectivity index (χ4n) is 12.0. The number of rotatable bonds is 9. The van der Waals surface area contributed by atoms with E-state index in [0.29, 0.717) is 0 Å². The van der Waals surface area contributed by atoms with E-state index in [1.165, 1.54) is 28.3 Å². The zero-order chi connectivity index (χ0) is 33.0. The summed E-state index contributed by atoms with van der Waals surface area (Å²) in [6.45, 7) is 1.44. The van der Waals surface area contributed by atoms with E-state index in [9.17, 15) is 29.7 Å². The zero-order valence-corrected chi connectivity index (χ0v) is 26.6. The van der Waals surface area contributed by atoms with Gasteiger partial charge in [-0.05, 0) is 24.5 Å². The Labute approximate surface area is 267 Å². The van der Waals surface area contributed by atoms with Crippen LogP contribution < -0.4 is 0 Å². The van der Waals surface area contributed by atoms with Gasteiger partial charge in [0.15, 0.2) is 5.60 Å². The van der Waals surface area contributed by atoms with Crippen LogP contribution >= 0.6 is 0 Å². The molecular weight excluding hydrogens is 602 g/mol. The second-order valence-electron chi connectivity index (χ2n) is 14.1. The lowest BCUT2D eigenvalue weighted by Gasteiger charge is -2.69. The quantitative estimate of drug-likeness (QED) is 0.239. The second-order valence-corrected chi connectivity index (χ2v) is 14.1. The monoisotopic (exact) mass is 645 g/mol. The Morgan fingerprint density at radius 3 is 2.33 bits per heavy atom. The summed E-state index contributed by atoms with van der Waals surface area (Å²) >= 11 is 0. The smallest absolute Gasteiger partial charge is 0.338 e. The molecule has 15 atom stereocenters. The van der Waals surface area contributed by atoms with Crippen molar-refractivity contribution in [2.24, 2.45) is 34.5 Å². The number of hydrogen-bond donors (Lipinski definition) is 3. The van der Waals surface area contributed by atoms with E-state index in [1.807, 2.05) is 0 Å². The van der Waals surface area contributed by atoms with Crippen LogP contribution in [0, 0.1) is 34.5 Å². The van der Waals surface area contributed by atoms with Gasteiger partial charge in [0.05, 0.1) is 30.5 Å². The van der Waals surface area contributed by atoms with Gasteiger partial charge in [0, 0.05) is 83.0 Å². The standard InChI is InChI=1S/C33H43NO12/c1-16(36)46-33-21-18(12-31(40,28(44-5)26(33)38)27(21)45-29(39)17-9-7-6-8-10-17)32-20(42-3)11-19(37)30(14-41-2)13-34(15-35)25(32)22(33)23(43-4)24(30)32/h6-10,15,18-28,37-38,40H,11-14H2,1-5H3/t18-,19+,20-,21-,22-,23+,24-,25+,26+,27-,28-,30-,31+,32+,33+/m1/s1. The molecule has 0 unspecified atom stereocenters. The van der Waals surface area contributed by atoms with Gasteiger partial charge in [-0.3, -0.25) is 9.59 Å². The fraction of sp³-hybridized carbons (Fsp3) is 0.727. The SMILES string of the molecule is COC[C@@]12CN(C=O)[C@H]3[C@H]4[C@H](OC)[C@H]1[C@]3([C@@H]1C[C@]3(O)[C@H](OC(=O)c5ccccc5)[C@@H]1[C@@]4(OC(C)=O)[C@@H](O)[C@H]3OC)[C@H](OC)C[C@@H]2O. The van der Waals surface area contributed by atoms with Gasteiger partial charge in [-0.1, -0.05) is 18.2 Å². The maximum atomic E-state index is 13.7. The molecule has 0 aromatic heterocycles. The van der Waals surface area contributed by atoms with Gasteiger partial charge in [0.2, 0.25) is 6.41 Å². The summed E-state index contributed by atoms with van der Waals surface area (Å²) in [5, 5.41) is 37.0. The average Bonchev–Trinajstić information content (AvgIpc) is 3.41. The van der Waals surface area contributed by atoms with E-state index >= 15 is 0 Å². The van der Waals surface area contributed by atoms with Crippen molar-refractivity contribution in [1.82, 2.24) is 4.90 Å². The summed E-state index contributed by atoms with van der Waals surface area (Å²) in [6.07, 6.45) is -5.77. The molecule has 252 valence electrons. The van der Waals surface area contributed by atoms with Crippen molar-refractivity contribution in [2.75, 3.05) is 41.6 Å². The summed E-state index contributed by atoms with van der Waals surface area (Å²) in [6, 6.07) is 7.64. The van der Waals surface area contributed by atoms with Crippen LogP contribution in [0.2, 0.25) is 0 Å². The Bertz CT molecular complexity index is 1400. The van der Waals surface area contributed by atoms with Crippen molar-refractivity contribution in [2.45, 2.75) is 73.6 Å². The summed E-state index contributed by atoms with van der Waals surface area (Å²) in [4.78, 5) is 41.6. The van der Waals surface area contributed by atoms with Crippen LogP contribution in [-0.4, -0.2) is 134 Å². The Kier molecular flexibility index (Phi) is 7.41. The number of fused-ring (bicyclic) bond motifs is 2. The van der Waals surface area contributed by atoms with Gasteiger partial charge < -0.3 is 48.6 Å². The highest BCUT2D eigenvalue weighted by atomic mass is 16.6. The lowest BCUT2D eigenvalue weighted by molar-refractivity contribution is -0.319. The summed E-state index contributed by atoms with van der Waals surface area (Å²) < 4.78 is 36.8. The average molecular weight is 646 g/mol. The molecule has 1 saturated heterocycles. The normalized spacial score (nSPS) is 49.4. The summed E-state index contributed by atoms with van der Waals surface area (Å²) in [5.41, 5.74) is -5.54. The molecule has 13 nitrogen and oxygen atoms in total. The lowest BCUT2D eigenvalue weighted by Crippen LogP contribution is -2.81. The van der Waals surface area contributed by atoms with Crippen LogP contribution in [0.3, 0.4) is 0 Å². The third-order valence-corrected chi connectivity index (χ3v) is 12.8. The van der Waals surface area contributed by atoms with Crippen molar-refractivity contribution in [3.05, 3.63) is 35.9 Å². The van der Waals surface area contributed by atoms with Crippen molar-refractivity contribution < 1.29 is 58.1 Å². The largest absolute Gasteiger partial charge is 0.455 e. The van der Waals surface area contributed by atoms with E-state index in [4.69, 9.17) is 28.4 Å². The number of likely N-dealkylation sites (tertiary alicyclic amines) is 1. The molecule has 6 aliphatic rings. The van der Waals surface area contributed by atoms with Gasteiger partial charge in [-0.25, -0.2) is 4.79 Å². The highest BCUT2D eigenvalue weighted by Crippen LogP contribution is 2.80. The maximum absolute atomic E-state index is 13.7. The number of amides is 1. The van der Waals surface area contributed by atoms with Gasteiger partial charge >= 0.3 is 11.9 Å². The summed E-state index contributed by atoms with van der Waals surface area (Å²) in [7, 11) is 5.95. The number of hydrogen-bond acceptors (Lipinski definition) is 12. The van der Waals surface area contributed by atoms with Crippen molar-refractivity contribution >= 4 is 18.3 Å². The number of aliphatic hydroxyl groups excluding tert-OH is 2. The molecule has 13 heteroatoms. The minimum absolute atomic E-state index is 0.0369. The maximum Gasteiger partial charge on any atom is 0.338 e. The van der Waals surface area contributed by atoms with Crippen LogP contribution in [0.15, 0.2) is 30.3 Å². The van der Waals surface area contributed by atoms with E-state index in [0.717, 1.165) is 6.41 Å². The summed E-state index contributed by atoms with van der Waals surface area (Å²) in [5.74, 6) is -4.46. The predicted octanol–water partition coefficient (Wildman–Crippen LogP) is -0.215. The molecule has 0 radical (unpaired) electrons. The first kappa shape index (κ1) is 31.9. The molecule has 5 aliphatic carbocycles. The van der Waals surface area contributed by atoms with Crippen molar-refractivity contribution in [3.63, 3.8) is 0 Å². The third-order valence-electron chi connectivity index (χ3n) is 12.8. The van der Waals surface area contributed by atoms with E-state index in [1.54, 1.807) is 42.3 Å². The molecule has 5 saturated carbocycles. The van der Waals surface area contributed by atoms with E-state index in [-0.39, 0.29) is 31.6 Å². The van der Waals surface area contributed by atoms with Crippen LogP contribution in [0.4, 0.5) is 0 Å². The molecule has 6 fully saturated rings. The molecule has 1 aromatic rings. The van der Waals surface area contributed by atoms with Crippen LogP contribution in [0.25, 0.3) is 0 Å². The number of methoxy groups -OCH3 is 4. The van der Waals surface area contributed by atoms with Crippen LogP contribution in [-0.2, 0) is 38.0 Å². The zero-order valence-electron chi connectivity index (χ0n) is 26.6. The van der Waals surface area contributed by atoms with Crippen LogP contribution in [0.5, 0.6) is 0 Å². The highest BCUT2D eigenvalue weighted by Gasteiger charge is 2.92. The van der Waals surface area contributed by atoms with Crippen LogP contribution in [0.1, 0.15) is 30.1 Å². The van der Waals surface area contributed by atoms with Gasteiger partial charge in [0.1, 0.15) is 23.9 Å². The molecule has 1 heterocycles. The Morgan fingerprint density at radius 2 is 1.74 bits per heavy atom. The molecule has 1 aliphatic heterocycles. The fourth-order valence-corrected chi connectivity index (χ4v) is 12.0. The molecular formula is C33H43NO12. The third kappa shape index (κ3) is 3.52. The number of benzene rings is 1. The molecule has 7 bridgehead atoms. The predicted molar refractivity (Wildman–Crippen MR) is 156 cm³/mol. The Morgan fingerprint density at radius 1 is 1.02 bits per heavy atom. The van der Waals surface area contributed by atoms with E-state index in [2.05, 4.69) is 0 Å². The topological polar surface area (TPSA) is 171 Å². The number of carbonyl (C=O) groups is 3. The highest BCUT2D eigenvalue weighted by molar-refractivity contribution is 5.89. The van der Waals surface area contributed by atoms with Gasteiger partial charge in [-0.2, -0.15) is 0 Å². The molecule has 1 amide bonds. The lowest BCUT2D eigenvalue weighted by atomic mass is 9.42. The van der Waals surface area contributed by atoms with E-state index < -0.39 is 100 Å². The Balaban J connectivity index is 1.53. The number of ether oxygens (including phenoxy) is 6. The molecule has 7 rings (SSSR count). The number of piperidine rings is 1. The second kappa shape index (κ2) is 10.7. The number of nitrogens with zero attached hydrogens (tertiary/aromatic N) is 1. The number of carbonyl (C=O) groups excluding carboxylic acids is 3. The molecule has 46 heavy (non-hydrogen) atoms. The first-order chi connectivity index (χ1) is 22.0. The number of aliphatic hydroxyl groups is 3. The number of esters is 2. The molecule has 1 spiro atoms. The van der Waals surface area contributed by atoms with Crippen molar-refractivity contribution in [1.29, 1.82) is 0 Å².